The molecule has 0 aliphatic rings. The first-order chi connectivity index (χ1) is 5.69. The number of anilines is 1. The van der Waals surface area contributed by atoms with E-state index in [9.17, 15) is 0 Å². The largest absolute Gasteiger partial charge is 0.388 e. The van der Waals surface area contributed by atoms with Crippen LogP contribution in [0.2, 0.25) is 0 Å². The maximum atomic E-state index is 5.60. The van der Waals surface area contributed by atoms with Crippen LogP contribution in [0.5, 0.6) is 0 Å². The molecule has 0 aliphatic heterocycles. The fourth-order valence-electron chi connectivity index (χ4n) is 1.34. The van der Waals surface area contributed by atoms with E-state index < -0.39 is 0 Å². The molecule has 12 heavy (non-hydrogen) atoms. The highest BCUT2D eigenvalue weighted by Crippen LogP contribution is 2.17. The second-order valence-electron chi connectivity index (χ2n) is 2.83. The molecular weight excluding hydrogens is 150 g/mol. The first kappa shape index (κ1) is 9.00. The Labute approximate surface area is 73.0 Å². The predicted octanol–water partition coefficient (Wildman–Crippen LogP) is 1.20. The lowest BCUT2D eigenvalue weighted by Gasteiger charge is -2.10. The smallest absolute Gasteiger partial charge is 0.0441 e. The highest BCUT2D eigenvalue weighted by Gasteiger charge is 2.04. The van der Waals surface area contributed by atoms with E-state index in [0.29, 0.717) is 6.54 Å². The van der Waals surface area contributed by atoms with Crippen LogP contribution in [0.1, 0.15) is 17.0 Å². The molecule has 1 heterocycles. The summed E-state index contributed by atoms with van der Waals surface area (Å²) in [6.45, 7) is 4.50. The molecule has 3 heteroatoms. The highest BCUT2D eigenvalue weighted by atomic mass is 14.8. The number of aryl methyl sites for hydroxylation is 2. The van der Waals surface area contributed by atoms with Gasteiger partial charge in [-0.1, -0.05) is 0 Å². The van der Waals surface area contributed by atoms with Gasteiger partial charge in [-0.25, -0.2) is 0 Å². The fraction of sp³-hybridized carbons (Fsp3) is 0.444. The van der Waals surface area contributed by atoms with Crippen molar-refractivity contribution in [3.8, 4) is 0 Å². The molecule has 0 bridgehead atoms. The Kier molecular flexibility index (Phi) is 2.65. The molecule has 0 aromatic carbocycles. The molecule has 3 nitrogen and oxygen atoms in total. The Morgan fingerprint density at radius 3 is 2.67 bits per heavy atom. The molecule has 0 fully saturated rings. The van der Waals surface area contributed by atoms with Crippen molar-refractivity contribution in [3.63, 3.8) is 0 Å². The van der Waals surface area contributed by atoms with E-state index in [4.69, 9.17) is 5.73 Å². The molecular formula is C9H15N3. The summed E-state index contributed by atoms with van der Waals surface area (Å²) in [5, 5.41) is 3.11. The van der Waals surface area contributed by atoms with E-state index in [0.717, 1.165) is 22.6 Å². The van der Waals surface area contributed by atoms with E-state index in [2.05, 4.69) is 10.3 Å². The van der Waals surface area contributed by atoms with Crippen LogP contribution in [-0.2, 0) is 6.54 Å². The molecule has 0 spiro atoms. The molecule has 0 amide bonds. The number of pyridine rings is 1. The summed E-state index contributed by atoms with van der Waals surface area (Å²) >= 11 is 0. The molecule has 0 saturated heterocycles. The van der Waals surface area contributed by atoms with Crippen molar-refractivity contribution in [1.29, 1.82) is 0 Å². The normalized spacial score (nSPS) is 10.0. The van der Waals surface area contributed by atoms with Gasteiger partial charge in [0.1, 0.15) is 0 Å². The molecule has 0 radical (unpaired) electrons. The maximum absolute atomic E-state index is 5.60. The molecule has 0 saturated carbocycles. The zero-order valence-electron chi connectivity index (χ0n) is 7.81. The van der Waals surface area contributed by atoms with Gasteiger partial charge in [-0.3, -0.25) is 4.98 Å². The van der Waals surface area contributed by atoms with Crippen molar-refractivity contribution in [2.24, 2.45) is 5.73 Å². The number of hydrogen-bond donors (Lipinski definition) is 2. The van der Waals surface area contributed by atoms with Crippen molar-refractivity contribution >= 4 is 5.69 Å². The minimum Gasteiger partial charge on any atom is -0.388 e. The second kappa shape index (κ2) is 3.54. The van der Waals surface area contributed by atoms with E-state index >= 15 is 0 Å². The van der Waals surface area contributed by atoms with Crippen molar-refractivity contribution in [2.75, 3.05) is 12.4 Å². The molecule has 0 unspecified atom stereocenters. The Hall–Kier alpha value is -1.09. The van der Waals surface area contributed by atoms with Crippen molar-refractivity contribution in [1.82, 2.24) is 4.98 Å². The van der Waals surface area contributed by atoms with Crippen LogP contribution in [0.25, 0.3) is 0 Å². The average molecular weight is 165 g/mol. The topological polar surface area (TPSA) is 50.9 Å². The van der Waals surface area contributed by atoms with E-state index in [-0.39, 0.29) is 0 Å². The fourth-order valence-corrected chi connectivity index (χ4v) is 1.34. The number of nitrogens with one attached hydrogen (secondary N) is 1. The Morgan fingerprint density at radius 1 is 1.50 bits per heavy atom. The maximum Gasteiger partial charge on any atom is 0.0441 e. The lowest BCUT2D eigenvalue weighted by atomic mass is 10.1. The quantitative estimate of drug-likeness (QED) is 0.692. The third kappa shape index (κ3) is 1.56. The highest BCUT2D eigenvalue weighted by molar-refractivity contribution is 5.53. The van der Waals surface area contributed by atoms with Crippen LogP contribution in [-0.4, -0.2) is 12.0 Å². The zero-order chi connectivity index (χ0) is 9.14. The van der Waals surface area contributed by atoms with Gasteiger partial charge in [0.15, 0.2) is 0 Å². The van der Waals surface area contributed by atoms with E-state index in [1.165, 1.54) is 0 Å². The Bertz CT molecular complexity index is 281. The third-order valence-electron chi connectivity index (χ3n) is 1.93. The van der Waals surface area contributed by atoms with Gasteiger partial charge in [-0.15, -0.1) is 0 Å². The Morgan fingerprint density at radius 2 is 2.17 bits per heavy atom. The number of rotatable bonds is 2. The van der Waals surface area contributed by atoms with Crippen molar-refractivity contribution in [3.05, 3.63) is 23.0 Å². The third-order valence-corrected chi connectivity index (χ3v) is 1.93. The van der Waals surface area contributed by atoms with Crippen LogP contribution in [0.4, 0.5) is 5.69 Å². The molecule has 0 atom stereocenters. The average Bonchev–Trinajstić information content (AvgIpc) is 2.03. The van der Waals surface area contributed by atoms with Gasteiger partial charge in [0.05, 0.1) is 0 Å². The lowest BCUT2D eigenvalue weighted by Crippen LogP contribution is -2.06. The van der Waals surface area contributed by atoms with Crippen LogP contribution < -0.4 is 11.1 Å². The molecule has 0 aliphatic carbocycles. The standard InChI is InChI=1S/C9H15N3/c1-6-4-9(11-3)8(5-10)7(2)12-6/h4H,5,10H2,1-3H3,(H,11,12). The van der Waals surface area contributed by atoms with Crippen LogP contribution in [0.3, 0.4) is 0 Å². The summed E-state index contributed by atoms with van der Waals surface area (Å²) in [5.74, 6) is 0. The summed E-state index contributed by atoms with van der Waals surface area (Å²) in [6.07, 6.45) is 0. The van der Waals surface area contributed by atoms with Crippen LogP contribution in [0, 0.1) is 13.8 Å². The van der Waals surface area contributed by atoms with Crippen molar-refractivity contribution < 1.29 is 0 Å². The lowest BCUT2D eigenvalue weighted by molar-refractivity contribution is 0.991. The van der Waals surface area contributed by atoms with Gasteiger partial charge >= 0.3 is 0 Å². The van der Waals surface area contributed by atoms with Crippen LogP contribution >= 0.6 is 0 Å². The van der Waals surface area contributed by atoms with Gasteiger partial charge in [-0.2, -0.15) is 0 Å². The van der Waals surface area contributed by atoms with Gasteiger partial charge in [0.2, 0.25) is 0 Å². The predicted molar refractivity (Wildman–Crippen MR) is 51.1 cm³/mol. The number of aromatic nitrogens is 1. The molecule has 66 valence electrons. The summed E-state index contributed by atoms with van der Waals surface area (Å²) < 4.78 is 0. The number of hydrogen-bond acceptors (Lipinski definition) is 3. The molecule has 1 rings (SSSR count). The number of nitrogens with zero attached hydrogens (tertiary/aromatic N) is 1. The monoisotopic (exact) mass is 165 g/mol. The van der Waals surface area contributed by atoms with Crippen LogP contribution in [0.15, 0.2) is 6.07 Å². The van der Waals surface area contributed by atoms with Gasteiger partial charge in [0.25, 0.3) is 0 Å². The minimum atomic E-state index is 0.537. The first-order valence-electron chi connectivity index (χ1n) is 4.04. The second-order valence-corrected chi connectivity index (χ2v) is 2.83. The molecule has 3 N–H and O–H groups in total. The van der Waals surface area contributed by atoms with E-state index in [1.54, 1.807) is 0 Å². The summed E-state index contributed by atoms with van der Waals surface area (Å²) in [5.41, 5.74) is 9.82. The zero-order valence-corrected chi connectivity index (χ0v) is 7.81. The first-order valence-corrected chi connectivity index (χ1v) is 4.04. The summed E-state index contributed by atoms with van der Waals surface area (Å²) in [6, 6.07) is 2.01. The molecule has 1 aromatic rings. The van der Waals surface area contributed by atoms with Gasteiger partial charge in [-0.05, 0) is 19.9 Å². The molecule has 1 aromatic heterocycles. The summed E-state index contributed by atoms with van der Waals surface area (Å²) in [4.78, 5) is 4.33. The Balaban J connectivity index is 3.24. The van der Waals surface area contributed by atoms with Gasteiger partial charge < -0.3 is 11.1 Å². The van der Waals surface area contributed by atoms with Crippen molar-refractivity contribution in [2.45, 2.75) is 20.4 Å². The van der Waals surface area contributed by atoms with E-state index in [1.807, 2.05) is 27.0 Å². The summed E-state index contributed by atoms with van der Waals surface area (Å²) in [7, 11) is 1.90. The SMILES string of the molecule is CNc1cc(C)nc(C)c1CN. The number of nitrogens with two attached hydrogens (primary N) is 1. The van der Waals surface area contributed by atoms with Gasteiger partial charge in [0, 0.05) is 36.2 Å². The minimum absolute atomic E-state index is 0.537.